The van der Waals surface area contributed by atoms with Crippen molar-refractivity contribution in [3.05, 3.63) is 64.7 Å². The van der Waals surface area contributed by atoms with Gasteiger partial charge in [0.15, 0.2) is 0 Å². The van der Waals surface area contributed by atoms with Crippen molar-refractivity contribution in [3.8, 4) is 0 Å². The average molecular weight is 337 g/mol. The van der Waals surface area contributed by atoms with Crippen LogP contribution in [0.25, 0.3) is 0 Å². The average Bonchev–Trinajstić information content (AvgIpc) is 2.91. The van der Waals surface area contributed by atoms with Crippen LogP contribution in [0.1, 0.15) is 6.92 Å². The van der Waals surface area contributed by atoms with E-state index >= 15 is 0 Å². The first-order chi connectivity index (χ1) is 12.1. The Bertz CT molecular complexity index is 846. The highest BCUT2D eigenvalue weighted by atomic mass is 16.6. The molecule has 3 rings (SSSR count). The van der Waals surface area contributed by atoms with Gasteiger partial charge in [0.2, 0.25) is 0 Å². The minimum atomic E-state index is -0.550. The third kappa shape index (κ3) is 3.52. The molecule has 0 spiro atoms. The third-order valence-corrected chi connectivity index (χ3v) is 3.68. The highest BCUT2D eigenvalue weighted by molar-refractivity contribution is 6.23. The van der Waals surface area contributed by atoms with Crippen LogP contribution in [-0.2, 0) is 4.79 Å². The minimum absolute atomic E-state index is 0.00183. The first kappa shape index (κ1) is 16.3. The first-order valence-corrected chi connectivity index (χ1v) is 7.54. The summed E-state index contributed by atoms with van der Waals surface area (Å²) in [6.45, 7) is 1.77. The van der Waals surface area contributed by atoms with Gasteiger partial charge >= 0.3 is 0 Å². The maximum atomic E-state index is 12.5. The largest absolute Gasteiger partial charge is 0.279 e. The number of anilines is 2. The van der Waals surface area contributed by atoms with Crippen LogP contribution in [0.5, 0.6) is 0 Å². The van der Waals surface area contributed by atoms with Crippen molar-refractivity contribution in [2.45, 2.75) is 6.92 Å². The maximum Gasteiger partial charge on any atom is 0.269 e. The SMILES string of the molecule is CC1=NN(c2ccccc2)C(=O)[C@@H]1/C=N\Nc1ccc([N+](=O)[O-])cc1. The summed E-state index contributed by atoms with van der Waals surface area (Å²) in [7, 11) is 0. The Hall–Kier alpha value is -3.55. The van der Waals surface area contributed by atoms with Crippen molar-refractivity contribution in [1.82, 2.24) is 0 Å². The summed E-state index contributed by atoms with van der Waals surface area (Å²) in [6, 6.07) is 15.0. The predicted octanol–water partition coefficient (Wildman–Crippen LogP) is 3.03. The number of carbonyl (C=O) groups excluding carboxylic acids is 1. The number of carbonyl (C=O) groups is 1. The van der Waals surface area contributed by atoms with Crippen molar-refractivity contribution >= 4 is 34.9 Å². The van der Waals surface area contributed by atoms with E-state index in [-0.39, 0.29) is 11.6 Å². The third-order valence-electron chi connectivity index (χ3n) is 3.68. The molecule has 0 aromatic heterocycles. The van der Waals surface area contributed by atoms with Crippen molar-refractivity contribution in [2.75, 3.05) is 10.4 Å². The van der Waals surface area contributed by atoms with E-state index in [9.17, 15) is 14.9 Å². The molecule has 0 unspecified atom stereocenters. The number of para-hydroxylation sites is 1. The van der Waals surface area contributed by atoms with E-state index in [1.54, 1.807) is 19.1 Å². The molecule has 1 amide bonds. The molecule has 1 atom stereocenters. The normalized spacial score (nSPS) is 17.0. The molecule has 1 aliphatic heterocycles. The molecule has 25 heavy (non-hydrogen) atoms. The van der Waals surface area contributed by atoms with E-state index in [2.05, 4.69) is 15.6 Å². The van der Waals surface area contributed by atoms with Crippen LogP contribution >= 0.6 is 0 Å². The zero-order valence-electron chi connectivity index (χ0n) is 13.4. The molecule has 126 valence electrons. The van der Waals surface area contributed by atoms with Gasteiger partial charge in [0.05, 0.1) is 22.0 Å². The Morgan fingerprint density at radius 2 is 1.88 bits per heavy atom. The summed E-state index contributed by atoms with van der Waals surface area (Å²) >= 11 is 0. The van der Waals surface area contributed by atoms with Crippen LogP contribution in [0.15, 0.2) is 64.8 Å². The van der Waals surface area contributed by atoms with Crippen molar-refractivity contribution in [3.63, 3.8) is 0 Å². The highest BCUT2D eigenvalue weighted by Gasteiger charge is 2.33. The van der Waals surface area contributed by atoms with Gasteiger partial charge in [-0.1, -0.05) is 18.2 Å². The van der Waals surface area contributed by atoms with Gasteiger partial charge in [-0.2, -0.15) is 15.2 Å². The number of amides is 1. The number of rotatable bonds is 5. The van der Waals surface area contributed by atoms with Crippen LogP contribution < -0.4 is 10.4 Å². The van der Waals surface area contributed by atoms with Gasteiger partial charge in [-0.05, 0) is 31.2 Å². The van der Waals surface area contributed by atoms with E-state index in [0.29, 0.717) is 17.1 Å². The van der Waals surface area contributed by atoms with Gasteiger partial charge in [0.25, 0.3) is 11.6 Å². The second-order valence-electron chi connectivity index (χ2n) is 5.40. The van der Waals surface area contributed by atoms with Crippen LogP contribution in [0.4, 0.5) is 17.1 Å². The number of nitro groups is 1. The van der Waals surface area contributed by atoms with E-state index in [0.717, 1.165) is 0 Å². The van der Waals surface area contributed by atoms with Gasteiger partial charge in [-0.15, -0.1) is 0 Å². The number of nitrogens with zero attached hydrogens (tertiary/aromatic N) is 4. The Morgan fingerprint density at radius 1 is 1.20 bits per heavy atom. The fourth-order valence-corrected chi connectivity index (χ4v) is 2.35. The fourth-order valence-electron chi connectivity index (χ4n) is 2.35. The minimum Gasteiger partial charge on any atom is -0.279 e. The van der Waals surface area contributed by atoms with Crippen LogP contribution in [0, 0.1) is 16.0 Å². The Kier molecular flexibility index (Phi) is 4.51. The fraction of sp³-hybridized carbons (Fsp3) is 0.118. The second kappa shape index (κ2) is 6.91. The Balaban J connectivity index is 1.66. The van der Waals surface area contributed by atoms with Crippen molar-refractivity contribution < 1.29 is 9.72 Å². The van der Waals surface area contributed by atoms with Gasteiger partial charge in [0, 0.05) is 18.3 Å². The molecule has 0 bridgehead atoms. The standard InChI is InChI=1S/C17H15N5O3/c1-12-16(17(23)21(20-12)14-5-3-2-4-6-14)11-18-19-13-7-9-15(10-8-13)22(24)25/h2-11,16,19H,1H3/b18-11-/t16-/m1/s1. The summed E-state index contributed by atoms with van der Waals surface area (Å²) in [4.78, 5) is 22.6. The lowest BCUT2D eigenvalue weighted by Crippen LogP contribution is -2.28. The molecule has 8 heteroatoms. The van der Waals surface area contributed by atoms with Gasteiger partial charge in [0.1, 0.15) is 5.92 Å². The molecule has 0 saturated carbocycles. The molecule has 2 aromatic rings. The van der Waals surface area contributed by atoms with Gasteiger partial charge < -0.3 is 0 Å². The molecule has 0 radical (unpaired) electrons. The molecule has 1 N–H and O–H groups in total. The quantitative estimate of drug-likeness (QED) is 0.515. The lowest BCUT2D eigenvalue weighted by molar-refractivity contribution is -0.384. The van der Waals surface area contributed by atoms with E-state index in [1.807, 2.05) is 30.3 Å². The summed E-state index contributed by atoms with van der Waals surface area (Å²) in [5, 5.41) is 20.3. The summed E-state index contributed by atoms with van der Waals surface area (Å²) in [5.41, 5.74) is 4.68. The molecule has 0 aliphatic carbocycles. The number of hydrogen-bond donors (Lipinski definition) is 1. The molecular weight excluding hydrogens is 322 g/mol. The maximum absolute atomic E-state index is 12.5. The van der Waals surface area contributed by atoms with Gasteiger partial charge in [-0.25, -0.2) is 0 Å². The zero-order valence-corrected chi connectivity index (χ0v) is 13.4. The number of hydrazone groups is 2. The van der Waals surface area contributed by atoms with Crippen LogP contribution in [-0.4, -0.2) is 22.8 Å². The molecule has 0 fully saturated rings. The van der Waals surface area contributed by atoms with Crippen molar-refractivity contribution in [2.24, 2.45) is 16.1 Å². The number of hydrogen-bond acceptors (Lipinski definition) is 6. The second-order valence-corrected chi connectivity index (χ2v) is 5.40. The van der Waals surface area contributed by atoms with E-state index < -0.39 is 10.8 Å². The molecule has 8 nitrogen and oxygen atoms in total. The number of nitro benzene ring substituents is 1. The number of benzene rings is 2. The van der Waals surface area contributed by atoms with Crippen LogP contribution in [0.3, 0.4) is 0 Å². The highest BCUT2D eigenvalue weighted by Crippen LogP contribution is 2.22. The molecular formula is C17H15N5O3. The number of non-ortho nitro benzene ring substituents is 1. The number of nitrogens with one attached hydrogen (secondary N) is 1. The van der Waals surface area contributed by atoms with Gasteiger partial charge in [-0.3, -0.25) is 20.3 Å². The first-order valence-electron chi connectivity index (χ1n) is 7.54. The monoisotopic (exact) mass is 337 g/mol. The molecule has 1 aliphatic rings. The molecule has 1 heterocycles. The lowest BCUT2D eigenvalue weighted by Gasteiger charge is -2.12. The Labute approximate surface area is 143 Å². The molecule has 2 aromatic carbocycles. The lowest BCUT2D eigenvalue weighted by atomic mass is 10.1. The molecule has 0 saturated heterocycles. The summed E-state index contributed by atoms with van der Waals surface area (Å²) < 4.78 is 0. The van der Waals surface area contributed by atoms with Crippen molar-refractivity contribution in [1.29, 1.82) is 0 Å². The van der Waals surface area contributed by atoms with Crippen LogP contribution in [0.2, 0.25) is 0 Å². The zero-order chi connectivity index (χ0) is 17.8. The predicted molar refractivity (Wildman–Crippen MR) is 95.7 cm³/mol. The summed E-state index contributed by atoms with van der Waals surface area (Å²) in [6.07, 6.45) is 1.48. The summed E-state index contributed by atoms with van der Waals surface area (Å²) in [5.74, 6) is -0.733. The smallest absolute Gasteiger partial charge is 0.269 e. The van der Waals surface area contributed by atoms with E-state index in [4.69, 9.17) is 0 Å². The Morgan fingerprint density at radius 3 is 2.52 bits per heavy atom. The van der Waals surface area contributed by atoms with E-state index in [1.165, 1.54) is 23.4 Å². The topological polar surface area (TPSA) is 100 Å².